The zero-order valence-corrected chi connectivity index (χ0v) is 12.7. The van der Waals surface area contributed by atoms with Crippen molar-refractivity contribution >= 4 is 34.7 Å². The summed E-state index contributed by atoms with van der Waals surface area (Å²) in [6.07, 6.45) is 1.31. The molecule has 1 heterocycles. The Balaban J connectivity index is 1.78. The highest BCUT2D eigenvalue weighted by molar-refractivity contribution is 6.31. The summed E-state index contributed by atoms with van der Waals surface area (Å²) in [4.78, 5) is 4.12. The minimum atomic E-state index is -0.985. The summed E-state index contributed by atoms with van der Waals surface area (Å²) in [6, 6.07) is 7.36. The van der Waals surface area contributed by atoms with Crippen molar-refractivity contribution in [1.82, 2.24) is 15.2 Å². The van der Waals surface area contributed by atoms with E-state index in [0.717, 1.165) is 12.1 Å². The molecule has 0 fully saturated rings. The van der Waals surface area contributed by atoms with Crippen molar-refractivity contribution in [2.45, 2.75) is 0 Å². The molecule has 0 radical (unpaired) electrons. The lowest BCUT2D eigenvalue weighted by Crippen LogP contribution is -2.02. The number of benzene rings is 2. The van der Waals surface area contributed by atoms with E-state index in [1.165, 1.54) is 30.5 Å². The molecule has 0 aliphatic heterocycles. The van der Waals surface area contributed by atoms with E-state index in [0.29, 0.717) is 11.4 Å². The molecule has 0 spiro atoms. The third-order valence-electron chi connectivity index (χ3n) is 2.93. The molecule has 0 aliphatic carbocycles. The molecule has 0 unspecified atom stereocenters. The van der Waals surface area contributed by atoms with Gasteiger partial charge in [0.1, 0.15) is 5.82 Å². The van der Waals surface area contributed by atoms with Gasteiger partial charge in [0.15, 0.2) is 17.5 Å². The van der Waals surface area contributed by atoms with E-state index in [-0.39, 0.29) is 16.8 Å². The first-order chi connectivity index (χ1) is 11.5. The maximum Gasteiger partial charge on any atom is 0.249 e. The molecule has 2 N–H and O–H groups in total. The van der Waals surface area contributed by atoms with E-state index >= 15 is 0 Å². The molecule has 0 saturated heterocycles. The minimum Gasteiger partial charge on any atom is -0.339 e. The highest BCUT2D eigenvalue weighted by atomic mass is 35.5. The van der Waals surface area contributed by atoms with Crippen molar-refractivity contribution in [1.29, 1.82) is 0 Å². The first-order valence-corrected chi connectivity index (χ1v) is 7.03. The van der Waals surface area contributed by atoms with Crippen LogP contribution in [0.1, 0.15) is 0 Å². The van der Waals surface area contributed by atoms with E-state index < -0.39 is 17.5 Å². The van der Waals surface area contributed by atoms with E-state index in [2.05, 4.69) is 25.8 Å². The minimum absolute atomic E-state index is 0.0518. The molecule has 0 amide bonds. The summed E-state index contributed by atoms with van der Waals surface area (Å²) < 4.78 is 39.3. The van der Waals surface area contributed by atoms with Crippen LogP contribution >= 0.6 is 11.6 Å². The third-order valence-corrected chi connectivity index (χ3v) is 3.22. The molecule has 9 heteroatoms. The zero-order valence-electron chi connectivity index (χ0n) is 11.9. The Bertz CT molecular complexity index is 822. The number of hydrogen-bond donors (Lipinski definition) is 2. The van der Waals surface area contributed by atoms with Crippen LogP contribution in [0.25, 0.3) is 0 Å². The Labute approximate surface area is 139 Å². The first-order valence-electron chi connectivity index (χ1n) is 6.65. The Hall–Kier alpha value is -2.87. The zero-order chi connectivity index (χ0) is 17.1. The van der Waals surface area contributed by atoms with Crippen LogP contribution in [-0.2, 0) is 0 Å². The molecular weight excluding hydrogens is 343 g/mol. The van der Waals surface area contributed by atoms with Crippen LogP contribution < -0.4 is 10.6 Å². The van der Waals surface area contributed by atoms with Crippen molar-refractivity contribution in [3.8, 4) is 0 Å². The van der Waals surface area contributed by atoms with Crippen LogP contribution in [-0.4, -0.2) is 15.2 Å². The van der Waals surface area contributed by atoms with Crippen LogP contribution in [0.3, 0.4) is 0 Å². The predicted molar refractivity (Wildman–Crippen MR) is 84.2 cm³/mol. The van der Waals surface area contributed by atoms with Gasteiger partial charge in [0.25, 0.3) is 0 Å². The molecule has 5 nitrogen and oxygen atoms in total. The molecule has 3 aromatic rings. The Morgan fingerprint density at radius 3 is 2.25 bits per heavy atom. The second-order valence-corrected chi connectivity index (χ2v) is 5.08. The summed E-state index contributed by atoms with van der Waals surface area (Å²) in [7, 11) is 0. The molecule has 0 atom stereocenters. The Morgan fingerprint density at radius 1 is 0.833 bits per heavy atom. The van der Waals surface area contributed by atoms with Crippen molar-refractivity contribution in [3.05, 3.63) is 65.1 Å². The largest absolute Gasteiger partial charge is 0.339 e. The van der Waals surface area contributed by atoms with E-state index in [4.69, 9.17) is 11.6 Å². The molecule has 0 saturated carbocycles. The molecule has 3 rings (SSSR count). The van der Waals surface area contributed by atoms with Gasteiger partial charge >= 0.3 is 0 Å². The van der Waals surface area contributed by atoms with Gasteiger partial charge in [-0.05, 0) is 30.3 Å². The Kier molecular flexibility index (Phi) is 4.48. The second-order valence-electron chi connectivity index (χ2n) is 4.67. The van der Waals surface area contributed by atoms with Crippen LogP contribution in [0.4, 0.5) is 36.3 Å². The van der Waals surface area contributed by atoms with Gasteiger partial charge in [-0.3, -0.25) is 0 Å². The van der Waals surface area contributed by atoms with Crippen LogP contribution in [0, 0.1) is 17.5 Å². The highest BCUT2D eigenvalue weighted by Crippen LogP contribution is 2.22. The van der Waals surface area contributed by atoms with Gasteiger partial charge in [0.05, 0.1) is 11.2 Å². The summed E-state index contributed by atoms with van der Waals surface area (Å²) in [5, 5.41) is 13.1. The van der Waals surface area contributed by atoms with Gasteiger partial charge in [0.2, 0.25) is 5.95 Å². The number of rotatable bonds is 4. The number of aromatic nitrogens is 3. The fourth-order valence-corrected chi connectivity index (χ4v) is 2.02. The fourth-order valence-electron chi connectivity index (χ4n) is 1.84. The average Bonchev–Trinajstić information content (AvgIpc) is 2.55. The fraction of sp³-hybridized carbons (Fsp3) is 0. The topological polar surface area (TPSA) is 62.7 Å². The molecule has 2 aromatic carbocycles. The monoisotopic (exact) mass is 351 g/mol. The predicted octanol–water partition coefficient (Wildman–Crippen LogP) is 4.43. The molecule has 0 aliphatic rings. The number of hydrogen-bond acceptors (Lipinski definition) is 5. The van der Waals surface area contributed by atoms with E-state index in [1.807, 2.05) is 0 Å². The summed E-state index contributed by atoms with van der Waals surface area (Å²) in [6.45, 7) is 0. The highest BCUT2D eigenvalue weighted by Gasteiger charge is 2.06. The SMILES string of the molecule is Fc1ccc(Nc2cnnc(Nc3ccc(F)c(Cl)c3)n2)cc1F. The van der Waals surface area contributed by atoms with Crippen LogP contribution in [0.5, 0.6) is 0 Å². The lowest BCUT2D eigenvalue weighted by molar-refractivity contribution is 0.509. The average molecular weight is 352 g/mol. The standard InChI is InChI=1S/C15H9ClF3N5/c16-10-5-8(1-3-11(10)17)22-15-23-14(7-20-24-15)21-9-2-4-12(18)13(19)6-9/h1-7H,(H2,21,22,23,24). The summed E-state index contributed by atoms with van der Waals surface area (Å²) in [5.41, 5.74) is 0.762. The smallest absolute Gasteiger partial charge is 0.249 e. The van der Waals surface area contributed by atoms with Crippen molar-refractivity contribution in [3.63, 3.8) is 0 Å². The molecule has 0 bridgehead atoms. The number of nitrogens with one attached hydrogen (secondary N) is 2. The van der Waals surface area contributed by atoms with Crippen LogP contribution in [0.2, 0.25) is 5.02 Å². The lowest BCUT2D eigenvalue weighted by Gasteiger charge is -2.08. The maximum absolute atomic E-state index is 13.2. The lowest BCUT2D eigenvalue weighted by atomic mass is 10.3. The van der Waals surface area contributed by atoms with Gasteiger partial charge in [0, 0.05) is 17.4 Å². The van der Waals surface area contributed by atoms with Crippen molar-refractivity contribution in [2.75, 3.05) is 10.6 Å². The molecule has 24 heavy (non-hydrogen) atoms. The van der Waals surface area contributed by atoms with E-state index in [1.54, 1.807) is 0 Å². The number of halogens is 4. The van der Waals surface area contributed by atoms with Crippen molar-refractivity contribution < 1.29 is 13.2 Å². The normalized spacial score (nSPS) is 10.5. The third kappa shape index (κ3) is 3.72. The molecule has 1 aromatic heterocycles. The Morgan fingerprint density at radius 2 is 1.54 bits per heavy atom. The van der Waals surface area contributed by atoms with Gasteiger partial charge in [-0.15, -0.1) is 5.10 Å². The quantitative estimate of drug-likeness (QED) is 0.728. The summed E-state index contributed by atoms with van der Waals surface area (Å²) >= 11 is 5.70. The van der Waals surface area contributed by atoms with E-state index in [9.17, 15) is 13.2 Å². The second kappa shape index (κ2) is 6.71. The van der Waals surface area contributed by atoms with Crippen LogP contribution in [0.15, 0.2) is 42.6 Å². The summed E-state index contributed by atoms with van der Waals surface area (Å²) in [5.74, 6) is -2.11. The number of anilines is 4. The van der Waals surface area contributed by atoms with Gasteiger partial charge in [-0.25, -0.2) is 13.2 Å². The first kappa shape index (κ1) is 16.0. The number of nitrogens with zero attached hydrogens (tertiary/aromatic N) is 3. The van der Waals surface area contributed by atoms with Gasteiger partial charge in [-0.2, -0.15) is 10.1 Å². The van der Waals surface area contributed by atoms with Gasteiger partial charge < -0.3 is 10.6 Å². The van der Waals surface area contributed by atoms with Gasteiger partial charge in [-0.1, -0.05) is 11.6 Å². The molecular formula is C15H9ClF3N5. The molecule has 122 valence electrons. The maximum atomic E-state index is 13.2. The van der Waals surface area contributed by atoms with Crippen molar-refractivity contribution in [2.24, 2.45) is 0 Å².